The lowest BCUT2D eigenvalue weighted by molar-refractivity contribution is -0.431. The molecule has 2 aliphatic rings. The lowest BCUT2D eigenvalue weighted by Gasteiger charge is -2.44. The van der Waals surface area contributed by atoms with E-state index in [2.05, 4.69) is 5.32 Å². The van der Waals surface area contributed by atoms with Crippen molar-refractivity contribution in [3.63, 3.8) is 0 Å². The first kappa shape index (κ1) is 42.8. The van der Waals surface area contributed by atoms with Gasteiger partial charge >= 0.3 is 29.8 Å². The number of carbonyl (C=O) groups excluding carboxylic acids is 5. The van der Waals surface area contributed by atoms with Gasteiger partial charge in [-0.2, -0.15) is 0 Å². The minimum atomic E-state index is -1.24. The maximum absolute atomic E-state index is 13.9. The minimum Gasteiger partial charge on any atom is -0.465 e. The van der Waals surface area contributed by atoms with Crippen LogP contribution in [0.3, 0.4) is 0 Å². The van der Waals surface area contributed by atoms with Gasteiger partial charge in [0.05, 0.1) is 28.1 Å². The summed E-state index contributed by atoms with van der Waals surface area (Å²) in [5, 5.41) is 14.2. The zero-order chi connectivity index (χ0) is 40.4. The molecule has 4 rings (SSSR count). The molecule has 1 unspecified atom stereocenters. The van der Waals surface area contributed by atoms with Crippen molar-refractivity contribution in [2.75, 3.05) is 13.2 Å². The number of nitrogens with one attached hydrogen (secondary N) is 1. The van der Waals surface area contributed by atoms with Crippen LogP contribution in [0, 0.1) is 15.9 Å². The Morgan fingerprint density at radius 1 is 0.818 bits per heavy atom. The number of thioether (sulfide) groups is 2. The highest BCUT2D eigenvalue weighted by Gasteiger charge is 2.51. The van der Waals surface area contributed by atoms with E-state index in [0.717, 1.165) is 12.5 Å². The fourth-order valence-electron chi connectivity index (χ4n) is 6.47. The highest BCUT2D eigenvalue weighted by atomic mass is 32.2. The molecule has 0 aliphatic carbocycles. The van der Waals surface area contributed by atoms with Crippen LogP contribution in [-0.2, 0) is 53.4 Å². The molecule has 1 N–H and O–H groups in total. The Morgan fingerprint density at radius 2 is 1.42 bits per heavy atom. The minimum absolute atomic E-state index is 0.0533. The van der Waals surface area contributed by atoms with E-state index >= 15 is 0 Å². The smallest absolute Gasteiger partial charge is 0.336 e. The van der Waals surface area contributed by atoms with E-state index in [1.807, 2.05) is 6.07 Å². The van der Waals surface area contributed by atoms with E-state index in [4.69, 9.17) is 23.7 Å². The molecule has 6 atom stereocenters. The highest BCUT2D eigenvalue weighted by molar-refractivity contribution is 8.00. The van der Waals surface area contributed by atoms with Crippen LogP contribution >= 0.6 is 23.5 Å². The summed E-state index contributed by atoms with van der Waals surface area (Å²) in [6, 6.07) is 13.1. The molecule has 2 aliphatic heterocycles. The standard InChI is InChI=1S/C38H43FN2O12S2/c1-20-32(33(34(41(47)48)21(2)40-20)28-10-7-8-11-29(28)54-19-26-13-15-27(39)16-14-26)38(46)49-17-9-12-30-35(51-23(4)43)37(53-25(6)45)36(52-24(5)44)31(55-30)18-50-22(3)42/h7-8,10-11,13-16,30-31,33,35-37,40H,9,12,17-19H2,1-6H3/t30-,31+,33?,35+,36-,37-/m1/s1. The zero-order valence-electron chi connectivity index (χ0n) is 31.2. The van der Waals surface area contributed by atoms with Crippen LogP contribution in [0.1, 0.15) is 71.4 Å². The van der Waals surface area contributed by atoms with Gasteiger partial charge in [0.2, 0.25) is 0 Å². The summed E-state index contributed by atoms with van der Waals surface area (Å²) in [5.41, 5.74) is 1.85. The largest absolute Gasteiger partial charge is 0.465 e. The Kier molecular flexibility index (Phi) is 15.3. The van der Waals surface area contributed by atoms with E-state index in [1.165, 1.54) is 56.4 Å². The van der Waals surface area contributed by atoms with Crippen molar-refractivity contribution >= 4 is 53.4 Å². The fraction of sp³-hybridized carbons (Fsp3) is 0.447. The van der Waals surface area contributed by atoms with Crippen molar-refractivity contribution in [3.05, 3.63) is 98.3 Å². The Balaban J connectivity index is 1.56. The third-order valence-electron chi connectivity index (χ3n) is 8.63. The number of nitrogens with zero attached hydrogens (tertiary/aromatic N) is 1. The number of dihydropyridines is 1. The summed E-state index contributed by atoms with van der Waals surface area (Å²) in [6.07, 6.45) is -3.01. The maximum Gasteiger partial charge on any atom is 0.336 e. The molecule has 0 bridgehead atoms. The van der Waals surface area contributed by atoms with Gasteiger partial charge in [-0.05, 0) is 56.0 Å². The average molecular weight is 803 g/mol. The van der Waals surface area contributed by atoms with Gasteiger partial charge in [0.1, 0.15) is 18.3 Å². The Labute approximate surface area is 326 Å². The predicted octanol–water partition coefficient (Wildman–Crippen LogP) is 5.75. The topological polar surface area (TPSA) is 187 Å². The maximum atomic E-state index is 13.9. The molecule has 2 aromatic rings. The highest BCUT2D eigenvalue weighted by Crippen LogP contribution is 2.44. The molecule has 2 aromatic carbocycles. The second-order valence-corrected chi connectivity index (χ2v) is 15.3. The quantitative estimate of drug-likeness (QED) is 0.0572. The lowest BCUT2D eigenvalue weighted by atomic mass is 9.84. The second-order valence-electron chi connectivity index (χ2n) is 12.8. The molecule has 17 heteroatoms. The molecule has 14 nitrogen and oxygen atoms in total. The van der Waals surface area contributed by atoms with Gasteiger partial charge < -0.3 is 29.0 Å². The fourth-order valence-corrected chi connectivity index (χ4v) is 9.14. The van der Waals surface area contributed by atoms with E-state index < -0.39 is 69.5 Å². The van der Waals surface area contributed by atoms with E-state index in [-0.39, 0.29) is 48.8 Å². The molecule has 296 valence electrons. The molecular formula is C38H43FN2O12S2. The Morgan fingerprint density at radius 3 is 2.02 bits per heavy atom. The van der Waals surface area contributed by atoms with Gasteiger partial charge in [0, 0.05) is 49.3 Å². The Bertz CT molecular complexity index is 1850. The molecule has 0 saturated carbocycles. The van der Waals surface area contributed by atoms with Crippen LogP contribution in [0.4, 0.5) is 4.39 Å². The number of rotatable bonds is 15. The van der Waals surface area contributed by atoms with Crippen LogP contribution in [0.2, 0.25) is 0 Å². The number of hydrogen-bond donors (Lipinski definition) is 1. The molecule has 1 fully saturated rings. The predicted molar refractivity (Wildman–Crippen MR) is 199 cm³/mol. The van der Waals surface area contributed by atoms with Crippen LogP contribution in [0.15, 0.2) is 76.1 Å². The first-order valence-corrected chi connectivity index (χ1v) is 19.3. The monoisotopic (exact) mass is 802 g/mol. The number of hydrogen-bond acceptors (Lipinski definition) is 15. The van der Waals surface area contributed by atoms with Gasteiger partial charge in [-0.25, -0.2) is 9.18 Å². The summed E-state index contributed by atoms with van der Waals surface area (Å²) in [4.78, 5) is 74.9. The van der Waals surface area contributed by atoms with Crippen LogP contribution in [0.5, 0.6) is 0 Å². The number of nitro groups is 1. The molecule has 55 heavy (non-hydrogen) atoms. The first-order valence-electron chi connectivity index (χ1n) is 17.3. The summed E-state index contributed by atoms with van der Waals surface area (Å²) < 4.78 is 41.2. The molecule has 0 amide bonds. The number of allylic oxidation sites excluding steroid dienone is 3. The van der Waals surface area contributed by atoms with Gasteiger partial charge in [-0.15, -0.1) is 23.5 Å². The summed E-state index contributed by atoms with van der Waals surface area (Å²) >= 11 is 2.61. The number of benzene rings is 2. The van der Waals surface area contributed by atoms with Crippen molar-refractivity contribution in [2.45, 2.75) is 99.8 Å². The average Bonchev–Trinajstić information content (AvgIpc) is 3.10. The number of carbonyl (C=O) groups is 5. The zero-order valence-corrected chi connectivity index (χ0v) is 32.8. The number of esters is 5. The number of halogens is 1. The second kappa shape index (κ2) is 19.6. The summed E-state index contributed by atoms with van der Waals surface area (Å²) in [6.45, 7) is 7.57. The summed E-state index contributed by atoms with van der Waals surface area (Å²) in [7, 11) is 0. The third kappa shape index (κ3) is 11.6. The van der Waals surface area contributed by atoms with Crippen molar-refractivity contribution in [1.82, 2.24) is 5.32 Å². The van der Waals surface area contributed by atoms with Crippen molar-refractivity contribution in [3.8, 4) is 0 Å². The molecule has 1 saturated heterocycles. The third-order valence-corrected chi connectivity index (χ3v) is 11.4. The van der Waals surface area contributed by atoms with Crippen LogP contribution in [-0.4, -0.2) is 76.8 Å². The van der Waals surface area contributed by atoms with Gasteiger partial charge in [0.15, 0.2) is 18.3 Å². The van der Waals surface area contributed by atoms with E-state index in [9.17, 15) is 38.5 Å². The molecule has 2 heterocycles. The molecule has 0 radical (unpaired) electrons. The SMILES string of the molecule is CC(=O)OC[C@@H]1S[C@H](CCCOC(=O)C2=C(C)NC(C)=C([N+](=O)[O-])C2c2ccccc2SCc2ccc(F)cc2)[C@H](OC(C)=O)[C@@H](OC(C)=O)[C@@H]1OC(C)=O. The molecular weight excluding hydrogens is 760 g/mol. The molecule has 0 aromatic heterocycles. The van der Waals surface area contributed by atoms with E-state index in [1.54, 1.807) is 44.2 Å². The summed E-state index contributed by atoms with van der Waals surface area (Å²) in [5.74, 6) is -4.49. The van der Waals surface area contributed by atoms with E-state index in [0.29, 0.717) is 21.9 Å². The van der Waals surface area contributed by atoms with Gasteiger partial charge in [-0.1, -0.05) is 30.3 Å². The van der Waals surface area contributed by atoms with Crippen LogP contribution < -0.4 is 5.32 Å². The lowest BCUT2D eigenvalue weighted by Crippen LogP contribution is -2.58. The first-order chi connectivity index (χ1) is 26.1. The number of ether oxygens (including phenoxy) is 5. The van der Waals surface area contributed by atoms with Crippen molar-refractivity contribution in [1.29, 1.82) is 0 Å². The van der Waals surface area contributed by atoms with Gasteiger partial charge in [-0.3, -0.25) is 29.3 Å². The van der Waals surface area contributed by atoms with Crippen LogP contribution in [0.25, 0.3) is 0 Å². The normalized spacial score (nSPS) is 22.2. The molecule has 0 spiro atoms. The van der Waals surface area contributed by atoms with Gasteiger partial charge in [0.25, 0.3) is 5.70 Å². The van der Waals surface area contributed by atoms with Crippen molar-refractivity contribution in [2.24, 2.45) is 0 Å². The Hall–Kier alpha value is -4.90. The van der Waals surface area contributed by atoms with Crippen molar-refractivity contribution < 1.29 is 57.0 Å².